The summed E-state index contributed by atoms with van der Waals surface area (Å²) in [5.41, 5.74) is -0.773. The molecule has 4 rings (SSSR count). The van der Waals surface area contributed by atoms with Crippen molar-refractivity contribution in [3.05, 3.63) is 47.4 Å². The SMILES string of the molecule is Cc1cc(C(F)(F)F)n2nc(C(=O)N3CCC[C@H](c4ncc[nH]4)C3)cc2n1. The Labute approximate surface area is 152 Å². The van der Waals surface area contributed by atoms with E-state index in [1.165, 1.54) is 13.0 Å². The Balaban J connectivity index is 1.65. The first-order valence-electron chi connectivity index (χ1n) is 8.56. The van der Waals surface area contributed by atoms with Crippen LogP contribution in [-0.2, 0) is 6.18 Å². The molecule has 1 saturated heterocycles. The maximum absolute atomic E-state index is 13.3. The van der Waals surface area contributed by atoms with Gasteiger partial charge in [0.1, 0.15) is 11.5 Å². The maximum atomic E-state index is 13.3. The number of hydrogen-bond donors (Lipinski definition) is 1. The largest absolute Gasteiger partial charge is 0.433 e. The van der Waals surface area contributed by atoms with Crippen molar-refractivity contribution in [2.24, 2.45) is 0 Å². The highest BCUT2D eigenvalue weighted by atomic mass is 19.4. The van der Waals surface area contributed by atoms with Gasteiger partial charge in [0.15, 0.2) is 11.3 Å². The van der Waals surface area contributed by atoms with E-state index in [0.717, 1.165) is 24.7 Å². The van der Waals surface area contributed by atoms with Crippen molar-refractivity contribution in [1.82, 2.24) is 29.5 Å². The van der Waals surface area contributed by atoms with Crippen LogP contribution in [-0.4, -0.2) is 48.5 Å². The monoisotopic (exact) mass is 378 g/mol. The van der Waals surface area contributed by atoms with Crippen molar-refractivity contribution >= 4 is 11.6 Å². The minimum absolute atomic E-state index is 0.00488. The molecule has 1 atom stereocenters. The Morgan fingerprint density at radius 2 is 2.15 bits per heavy atom. The van der Waals surface area contributed by atoms with Crippen LogP contribution in [0.2, 0.25) is 0 Å². The molecule has 0 bridgehead atoms. The van der Waals surface area contributed by atoms with Gasteiger partial charge in [0, 0.05) is 43.2 Å². The first-order chi connectivity index (χ1) is 12.8. The molecule has 10 heteroatoms. The smallest absolute Gasteiger partial charge is 0.348 e. The molecule has 27 heavy (non-hydrogen) atoms. The standard InChI is InChI=1S/C17H17F3N6O/c1-10-7-13(17(18,19)20)26-14(23-10)8-12(24-26)16(27)25-6-2-3-11(9-25)15-21-4-5-22-15/h4-5,7-8,11H,2-3,6,9H2,1H3,(H,21,22)/t11-/m0/s1. The number of fused-ring (bicyclic) bond motifs is 1. The third-order valence-corrected chi connectivity index (χ3v) is 4.68. The molecule has 0 aromatic carbocycles. The van der Waals surface area contributed by atoms with E-state index in [9.17, 15) is 18.0 Å². The number of aryl methyl sites for hydroxylation is 1. The van der Waals surface area contributed by atoms with E-state index >= 15 is 0 Å². The summed E-state index contributed by atoms with van der Waals surface area (Å²) in [4.78, 5) is 25.8. The van der Waals surface area contributed by atoms with Crippen molar-refractivity contribution in [3.63, 3.8) is 0 Å². The summed E-state index contributed by atoms with van der Waals surface area (Å²) in [6.45, 7) is 2.45. The second-order valence-electron chi connectivity index (χ2n) is 6.64. The third kappa shape index (κ3) is 3.26. The fraction of sp³-hybridized carbons (Fsp3) is 0.412. The van der Waals surface area contributed by atoms with Crippen LogP contribution in [0.25, 0.3) is 5.65 Å². The third-order valence-electron chi connectivity index (χ3n) is 4.68. The van der Waals surface area contributed by atoms with E-state index in [1.807, 2.05) is 0 Å². The number of aromatic amines is 1. The number of alkyl halides is 3. The van der Waals surface area contributed by atoms with E-state index < -0.39 is 17.8 Å². The molecule has 0 aliphatic carbocycles. The molecular weight excluding hydrogens is 361 g/mol. The van der Waals surface area contributed by atoms with Gasteiger partial charge in [-0.25, -0.2) is 14.5 Å². The lowest BCUT2D eigenvalue weighted by atomic mass is 9.97. The minimum Gasteiger partial charge on any atom is -0.348 e. The summed E-state index contributed by atoms with van der Waals surface area (Å²) in [5, 5.41) is 3.90. The van der Waals surface area contributed by atoms with Crippen LogP contribution in [0.5, 0.6) is 0 Å². The highest BCUT2D eigenvalue weighted by Crippen LogP contribution is 2.30. The van der Waals surface area contributed by atoms with Gasteiger partial charge < -0.3 is 9.88 Å². The molecule has 0 saturated carbocycles. The van der Waals surface area contributed by atoms with Gasteiger partial charge in [0.2, 0.25) is 0 Å². The molecule has 1 aliphatic rings. The van der Waals surface area contributed by atoms with Gasteiger partial charge in [-0.2, -0.15) is 18.3 Å². The molecule has 0 unspecified atom stereocenters. The van der Waals surface area contributed by atoms with Gasteiger partial charge in [0.05, 0.1) is 0 Å². The average molecular weight is 378 g/mol. The van der Waals surface area contributed by atoms with Crippen molar-refractivity contribution in [3.8, 4) is 0 Å². The van der Waals surface area contributed by atoms with Crippen LogP contribution in [0.4, 0.5) is 13.2 Å². The topological polar surface area (TPSA) is 79.2 Å². The summed E-state index contributed by atoms with van der Waals surface area (Å²) in [5.74, 6) is 0.475. The van der Waals surface area contributed by atoms with Crippen LogP contribution < -0.4 is 0 Å². The van der Waals surface area contributed by atoms with E-state index in [0.29, 0.717) is 17.6 Å². The number of aromatic nitrogens is 5. The zero-order valence-electron chi connectivity index (χ0n) is 14.5. The van der Waals surface area contributed by atoms with Crippen LogP contribution >= 0.6 is 0 Å². The molecule has 0 radical (unpaired) electrons. The van der Waals surface area contributed by atoms with Gasteiger partial charge in [0.25, 0.3) is 5.91 Å². The van der Waals surface area contributed by atoms with Gasteiger partial charge in [-0.1, -0.05) is 0 Å². The number of imidazole rings is 1. The number of likely N-dealkylation sites (tertiary alicyclic amines) is 1. The van der Waals surface area contributed by atoms with Crippen molar-refractivity contribution < 1.29 is 18.0 Å². The zero-order valence-corrected chi connectivity index (χ0v) is 14.5. The maximum Gasteiger partial charge on any atom is 0.433 e. The van der Waals surface area contributed by atoms with Crippen LogP contribution in [0.1, 0.15) is 46.5 Å². The Kier molecular flexibility index (Phi) is 4.12. The Bertz CT molecular complexity index is 979. The van der Waals surface area contributed by atoms with E-state index in [4.69, 9.17) is 0 Å². The molecule has 1 aliphatic heterocycles. The van der Waals surface area contributed by atoms with Gasteiger partial charge in [-0.05, 0) is 25.8 Å². The summed E-state index contributed by atoms with van der Waals surface area (Å²) in [6.07, 6.45) is 0.473. The minimum atomic E-state index is -4.59. The first kappa shape index (κ1) is 17.5. The van der Waals surface area contributed by atoms with Gasteiger partial charge in [-0.3, -0.25) is 4.79 Å². The average Bonchev–Trinajstić information content (AvgIpc) is 3.29. The number of piperidine rings is 1. The predicted molar refractivity (Wildman–Crippen MR) is 89.2 cm³/mol. The highest BCUT2D eigenvalue weighted by molar-refractivity contribution is 5.93. The Morgan fingerprint density at radius 3 is 2.85 bits per heavy atom. The quantitative estimate of drug-likeness (QED) is 0.744. The van der Waals surface area contributed by atoms with Crippen LogP contribution in [0.3, 0.4) is 0 Å². The summed E-state index contributed by atoms with van der Waals surface area (Å²) in [7, 11) is 0. The molecule has 1 N–H and O–H groups in total. The number of H-pyrrole nitrogens is 1. The molecular formula is C17H17F3N6O. The number of rotatable bonds is 2. The zero-order chi connectivity index (χ0) is 19.2. The van der Waals surface area contributed by atoms with Gasteiger partial charge >= 0.3 is 6.18 Å². The summed E-state index contributed by atoms with van der Waals surface area (Å²) < 4.78 is 40.5. The molecule has 3 aromatic rings. The van der Waals surface area contributed by atoms with E-state index in [1.54, 1.807) is 17.3 Å². The predicted octanol–water partition coefficient (Wildman–Crippen LogP) is 2.80. The lowest BCUT2D eigenvalue weighted by molar-refractivity contribution is -0.142. The van der Waals surface area contributed by atoms with E-state index in [-0.39, 0.29) is 23.0 Å². The van der Waals surface area contributed by atoms with Crippen molar-refractivity contribution in [1.29, 1.82) is 0 Å². The lowest BCUT2D eigenvalue weighted by Gasteiger charge is -2.31. The summed E-state index contributed by atoms with van der Waals surface area (Å²) in [6, 6.07) is 2.23. The molecule has 7 nitrogen and oxygen atoms in total. The number of amides is 1. The van der Waals surface area contributed by atoms with E-state index in [2.05, 4.69) is 20.1 Å². The molecule has 1 amide bonds. The van der Waals surface area contributed by atoms with Crippen molar-refractivity contribution in [2.75, 3.05) is 13.1 Å². The fourth-order valence-electron chi connectivity index (χ4n) is 3.45. The molecule has 142 valence electrons. The summed E-state index contributed by atoms with van der Waals surface area (Å²) >= 11 is 0. The number of hydrogen-bond acceptors (Lipinski definition) is 4. The lowest BCUT2D eigenvalue weighted by Crippen LogP contribution is -2.39. The number of halogens is 3. The number of carbonyl (C=O) groups excluding carboxylic acids is 1. The molecule has 3 aromatic heterocycles. The number of nitrogens with zero attached hydrogens (tertiary/aromatic N) is 5. The second-order valence-corrected chi connectivity index (χ2v) is 6.64. The highest BCUT2D eigenvalue weighted by Gasteiger charge is 2.36. The molecule has 1 fully saturated rings. The van der Waals surface area contributed by atoms with Crippen LogP contribution in [0, 0.1) is 6.92 Å². The van der Waals surface area contributed by atoms with Crippen molar-refractivity contribution in [2.45, 2.75) is 31.9 Å². The first-order valence-corrected chi connectivity index (χ1v) is 8.56. The van der Waals surface area contributed by atoms with Crippen LogP contribution in [0.15, 0.2) is 24.5 Å². The fourth-order valence-corrected chi connectivity index (χ4v) is 3.45. The molecule has 0 spiro atoms. The van der Waals surface area contributed by atoms with Gasteiger partial charge in [-0.15, -0.1) is 0 Å². The number of nitrogens with one attached hydrogen (secondary N) is 1. The molecule has 4 heterocycles. The Hall–Kier alpha value is -2.91. The second kappa shape index (κ2) is 6.36. The Morgan fingerprint density at radius 1 is 1.33 bits per heavy atom. The normalized spacial score (nSPS) is 18.2. The number of carbonyl (C=O) groups is 1.